The molecular formula is C18H11ClNO2-. The van der Waals surface area contributed by atoms with Crippen molar-refractivity contribution in [3.05, 3.63) is 76.4 Å². The van der Waals surface area contributed by atoms with Crippen LogP contribution in [-0.2, 0) is 0 Å². The monoisotopic (exact) mass is 308 g/mol. The van der Waals surface area contributed by atoms with Crippen LogP contribution in [0.25, 0.3) is 23.1 Å². The number of nitrogens with zero attached hydrogens (tertiary/aromatic N) is 1. The van der Waals surface area contributed by atoms with Gasteiger partial charge in [0.05, 0.1) is 17.2 Å². The van der Waals surface area contributed by atoms with Crippen molar-refractivity contribution in [2.75, 3.05) is 0 Å². The molecule has 1 aromatic heterocycles. The number of pyridine rings is 1. The number of hydrogen-bond donors (Lipinski definition) is 0. The summed E-state index contributed by atoms with van der Waals surface area (Å²) < 4.78 is 0. The Kier molecular flexibility index (Phi) is 3.90. The molecule has 0 N–H and O–H groups in total. The van der Waals surface area contributed by atoms with E-state index < -0.39 is 5.97 Å². The van der Waals surface area contributed by atoms with Gasteiger partial charge in [-0.3, -0.25) is 0 Å². The molecule has 3 rings (SSSR count). The second-order valence-electron chi connectivity index (χ2n) is 4.79. The van der Waals surface area contributed by atoms with E-state index in [2.05, 4.69) is 4.98 Å². The Balaban J connectivity index is 2.06. The molecule has 0 saturated heterocycles. The third-order valence-corrected chi connectivity index (χ3v) is 3.49. The van der Waals surface area contributed by atoms with E-state index >= 15 is 0 Å². The van der Waals surface area contributed by atoms with Crippen LogP contribution in [0.15, 0.2) is 54.6 Å². The third kappa shape index (κ3) is 3.00. The molecule has 3 aromatic rings. The molecule has 0 radical (unpaired) electrons. The van der Waals surface area contributed by atoms with Crippen molar-refractivity contribution in [3.63, 3.8) is 0 Å². The Hall–Kier alpha value is -2.65. The van der Waals surface area contributed by atoms with Gasteiger partial charge in [0.2, 0.25) is 0 Å². The van der Waals surface area contributed by atoms with Gasteiger partial charge in [-0.2, -0.15) is 0 Å². The molecule has 0 atom stereocenters. The molecule has 0 amide bonds. The van der Waals surface area contributed by atoms with E-state index in [1.807, 2.05) is 30.3 Å². The summed E-state index contributed by atoms with van der Waals surface area (Å²) in [5.41, 5.74) is 2.22. The molecule has 108 valence electrons. The summed E-state index contributed by atoms with van der Waals surface area (Å²) >= 11 is 5.94. The van der Waals surface area contributed by atoms with Crippen LogP contribution < -0.4 is 5.11 Å². The standard InChI is InChI=1S/C18H12ClNO2/c19-13-5-3-4-12(10-13)8-9-14-11-16(18(21)22)15-6-1-2-7-17(15)20-14/h1-11H,(H,21,22)/p-1/b9-8+. The molecule has 3 nitrogen and oxygen atoms in total. The van der Waals surface area contributed by atoms with Gasteiger partial charge < -0.3 is 9.90 Å². The van der Waals surface area contributed by atoms with E-state index in [4.69, 9.17) is 11.6 Å². The number of hydrogen-bond acceptors (Lipinski definition) is 3. The molecular weight excluding hydrogens is 298 g/mol. The van der Waals surface area contributed by atoms with Gasteiger partial charge in [0.25, 0.3) is 0 Å². The third-order valence-electron chi connectivity index (χ3n) is 3.25. The molecule has 1 heterocycles. The zero-order chi connectivity index (χ0) is 15.5. The number of para-hydroxylation sites is 1. The van der Waals surface area contributed by atoms with E-state index in [1.54, 1.807) is 30.3 Å². The van der Waals surface area contributed by atoms with Crippen LogP contribution in [0.2, 0.25) is 5.02 Å². The van der Waals surface area contributed by atoms with E-state index in [9.17, 15) is 9.90 Å². The Labute approximate surface area is 132 Å². The highest BCUT2D eigenvalue weighted by Gasteiger charge is 2.04. The number of carbonyl (C=O) groups is 1. The lowest BCUT2D eigenvalue weighted by atomic mass is 10.1. The molecule has 22 heavy (non-hydrogen) atoms. The van der Waals surface area contributed by atoms with Crippen molar-refractivity contribution in [3.8, 4) is 0 Å². The van der Waals surface area contributed by atoms with Crippen LogP contribution in [0.5, 0.6) is 0 Å². The summed E-state index contributed by atoms with van der Waals surface area (Å²) in [5, 5.41) is 12.5. The highest BCUT2D eigenvalue weighted by atomic mass is 35.5. The lowest BCUT2D eigenvalue weighted by Gasteiger charge is -2.08. The van der Waals surface area contributed by atoms with Crippen LogP contribution in [0, 0.1) is 0 Å². The molecule has 0 bridgehead atoms. The van der Waals surface area contributed by atoms with Gasteiger partial charge in [-0.25, -0.2) is 4.98 Å². The quantitative estimate of drug-likeness (QED) is 0.745. The minimum Gasteiger partial charge on any atom is -0.545 e. The van der Waals surface area contributed by atoms with Crippen molar-refractivity contribution in [2.24, 2.45) is 0 Å². The summed E-state index contributed by atoms with van der Waals surface area (Å²) in [6.45, 7) is 0. The zero-order valence-corrected chi connectivity index (χ0v) is 12.2. The predicted octanol–water partition coefficient (Wildman–Crippen LogP) is 3.42. The van der Waals surface area contributed by atoms with Crippen LogP contribution in [0.1, 0.15) is 21.6 Å². The maximum Gasteiger partial charge on any atom is 0.0722 e. The fraction of sp³-hybridized carbons (Fsp3) is 0. The first-order valence-corrected chi connectivity index (χ1v) is 7.06. The number of carboxylic acids is 1. The number of benzene rings is 2. The van der Waals surface area contributed by atoms with Gasteiger partial charge >= 0.3 is 0 Å². The summed E-state index contributed by atoms with van der Waals surface area (Å²) in [4.78, 5) is 15.8. The van der Waals surface area contributed by atoms with Gasteiger partial charge in [-0.1, -0.05) is 48.0 Å². The Bertz CT molecular complexity index is 887. The lowest BCUT2D eigenvalue weighted by molar-refractivity contribution is -0.254. The first kappa shape index (κ1) is 14.3. The second-order valence-corrected chi connectivity index (χ2v) is 5.22. The van der Waals surface area contributed by atoms with Crippen molar-refractivity contribution >= 4 is 40.6 Å². The SMILES string of the molecule is O=C([O-])c1cc(/C=C/c2cccc(Cl)c2)nc2ccccc12. The molecule has 0 aliphatic rings. The molecule has 4 heteroatoms. The smallest absolute Gasteiger partial charge is 0.0722 e. The number of carboxylic acid groups (broad SMARTS) is 1. The minimum absolute atomic E-state index is 0.136. The Morgan fingerprint density at radius 2 is 1.86 bits per heavy atom. The zero-order valence-electron chi connectivity index (χ0n) is 11.5. The number of aromatic nitrogens is 1. The molecule has 0 unspecified atom stereocenters. The molecule has 0 spiro atoms. The molecule has 0 aliphatic carbocycles. The first-order valence-electron chi connectivity index (χ1n) is 6.68. The number of halogens is 1. The number of carbonyl (C=O) groups excluding carboxylic acids is 1. The van der Waals surface area contributed by atoms with Gasteiger partial charge in [-0.15, -0.1) is 0 Å². The number of fused-ring (bicyclic) bond motifs is 1. The topological polar surface area (TPSA) is 53.0 Å². The second kappa shape index (κ2) is 6.00. The fourth-order valence-corrected chi connectivity index (χ4v) is 2.44. The highest BCUT2D eigenvalue weighted by Crippen LogP contribution is 2.19. The summed E-state index contributed by atoms with van der Waals surface area (Å²) in [6, 6.07) is 16.0. The Morgan fingerprint density at radius 1 is 1.05 bits per heavy atom. The van der Waals surface area contributed by atoms with Crippen molar-refractivity contribution < 1.29 is 9.90 Å². The summed E-state index contributed by atoms with van der Waals surface area (Å²) in [7, 11) is 0. The van der Waals surface area contributed by atoms with Gasteiger partial charge in [0.15, 0.2) is 0 Å². The van der Waals surface area contributed by atoms with E-state index in [0.29, 0.717) is 21.6 Å². The van der Waals surface area contributed by atoms with E-state index in [1.165, 1.54) is 6.07 Å². The summed E-state index contributed by atoms with van der Waals surface area (Å²) in [6.07, 6.45) is 3.59. The van der Waals surface area contributed by atoms with Crippen LogP contribution in [0.3, 0.4) is 0 Å². The van der Waals surface area contributed by atoms with Crippen LogP contribution in [-0.4, -0.2) is 11.0 Å². The first-order chi connectivity index (χ1) is 10.6. The van der Waals surface area contributed by atoms with Gasteiger partial charge in [0.1, 0.15) is 0 Å². The van der Waals surface area contributed by atoms with Crippen LogP contribution in [0.4, 0.5) is 0 Å². The Morgan fingerprint density at radius 3 is 2.64 bits per heavy atom. The largest absolute Gasteiger partial charge is 0.545 e. The summed E-state index contributed by atoms with van der Waals surface area (Å²) in [5.74, 6) is -1.21. The van der Waals surface area contributed by atoms with Gasteiger partial charge in [-0.05, 0) is 35.9 Å². The maximum atomic E-state index is 11.3. The molecule has 0 aliphatic heterocycles. The predicted molar refractivity (Wildman–Crippen MR) is 86.5 cm³/mol. The average molecular weight is 309 g/mol. The van der Waals surface area contributed by atoms with Crippen molar-refractivity contribution in [1.82, 2.24) is 4.98 Å². The molecule has 0 saturated carbocycles. The molecule has 2 aromatic carbocycles. The van der Waals surface area contributed by atoms with E-state index in [0.717, 1.165) is 5.56 Å². The highest BCUT2D eigenvalue weighted by molar-refractivity contribution is 6.30. The number of aromatic carboxylic acids is 1. The average Bonchev–Trinajstić information content (AvgIpc) is 2.52. The minimum atomic E-state index is -1.21. The normalized spacial score (nSPS) is 11.1. The van der Waals surface area contributed by atoms with E-state index in [-0.39, 0.29) is 5.56 Å². The number of rotatable bonds is 3. The van der Waals surface area contributed by atoms with Crippen molar-refractivity contribution in [1.29, 1.82) is 0 Å². The molecule has 0 fully saturated rings. The van der Waals surface area contributed by atoms with Crippen LogP contribution >= 0.6 is 11.6 Å². The fourth-order valence-electron chi connectivity index (χ4n) is 2.24. The maximum absolute atomic E-state index is 11.3. The lowest BCUT2D eigenvalue weighted by Crippen LogP contribution is -2.22. The van der Waals surface area contributed by atoms with Crippen molar-refractivity contribution in [2.45, 2.75) is 0 Å². The van der Waals surface area contributed by atoms with Gasteiger partial charge in [0, 0.05) is 16.0 Å².